The second-order valence-corrected chi connectivity index (χ2v) is 3.72. The van der Waals surface area contributed by atoms with Crippen LogP contribution < -0.4 is 0 Å². The molecule has 0 aliphatic heterocycles. The summed E-state index contributed by atoms with van der Waals surface area (Å²) in [6.45, 7) is 3.44. The number of carboxylic acids is 1. The van der Waals surface area contributed by atoms with E-state index in [9.17, 15) is 4.79 Å². The predicted octanol–water partition coefficient (Wildman–Crippen LogP) is 0.0313. The van der Waals surface area contributed by atoms with Crippen LogP contribution in [0, 0.1) is 0 Å². The van der Waals surface area contributed by atoms with Gasteiger partial charge in [-0.25, -0.2) is 4.79 Å². The second kappa shape index (κ2) is 15.0. The number of hydrogen-bond acceptors (Lipinski definition) is 2. The number of aliphatic hydroxyl groups excluding tert-OH is 1. The molecule has 0 radical (unpaired) electrons. The molecule has 3 nitrogen and oxygen atoms in total. The molecule has 0 aliphatic rings. The SMILES string of the molecule is B.CC(O)C(=O)O.CCCC[CH2][Na]. The average molecular weight is 198 g/mol. The standard InChI is InChI=1S/C5H11.C3H6O3.BH3.Na/c1-3-5-4-2;1-2(4)3(5)6;;/h1,3-5H2,2H3;2,4H,1H3,(H,5,6);1H3;. The molecule has 2 N–H and O–H groups in total. The van der Waals surface area contributed by atoms with Crippen LogP contribution in [0.1, 0.15) is 33.1 Å². The summed E-state index contributed by atoms with van der Waals surface area (Å²) in [6.07, 6.45) is 3.07. The summed E-state index contributed by atoms with van der Waals surface area (Å²) in [5.74, 6) is -1.19. The van der Waals surface area contributed by atoms with E-state index in [1.54, 1.807) is 0 Å². The van der Waals surface area contributed by atoms with Gasteiger partial charge in [0.15, 0.2) is 0 Å². The van der Waals surface area contributed by atoms with E-state index in [0.29, 0.717) is 0 Å². The minimum absolute atomic E-state index is 0. The van der Waals surface area contributed by atoms with Gasteiger partial charge >= 0.3 is 63.8 Å². The predicted molar refractivity (Wildman–Crippen MR) is 59.3 cm³/mol. The van der Waals surface area contributed by atoms with Gasteiger partial charge in [0, 0.05) is 0 Å². The van der Waals surface area contributed by atoms with Crippen LogP contribution in [0.3, 0.4) is 0 Å². The van der Waals surface area contributed by atoms with Gasteiger partial charge in [-0.05, 0) is 6.92 Å². The number of carbonyl (C=O) groups is 1. The van der Waals surface area contributed by atoms with Crippen LogP contribution in [0.25, 0.3) is 0 Å². The quantitative estimate of drug-likeness (QED) is 0.495. The van der Waals surface area contributed by atoms with Crippen LogP contribution in [0.15, 0.2) is 0 Å². The Kier molecular flexibility index (Phi) is 22.1. The molecule has 5 heteroatoms. The Morgan fingerprint density at radius 3 is 1.92 bits per heavy atom. The fraction of sp³-hybridized carbons (Fsp3) is 0.875. The van der Waals surface area contributed by atoms with Crippen LogP contribution in [-0.2, 0) is 4.79 Å². The number of aliphatic hydroxyl groups is 1. The number of carboxylic acid groups (broad SMARTS) is 1. The zero-order chi connectivity index (χ0) is 9.98. The molecule has 0 heterocycles. The van der Waals surface area contributed by atoms with Crippen molar-refractivity contribution >= 4 is 42.3 Å². The van der Waals surface area contributed by atoms with Crippen molar-refractivity contribution in [3.05, 3.63) is 0 Å². The van der Waals surface area contributed by atoms with E-state index >= 15 is 0 Å². The van der Waals surface area contributed by atoms with Gasteiger partial charge in [0.25, 0.3) is 0 Å². The van der Waals surface area contributed by atoms with E-state index in [1.807, 2.05) is 0 Å². The Labute approximate surface area is 99.9 Å². The zero-order valence-corrected chi connectivity index (χ0v) is 10.2. The summed E-state index contributed by atoms with van der Waals surface area (Å²) in [5.41, 5.74) is 0. The molecule has 0 aromatic carbocycles. The monoisotopic (exact) mass is 198 g/mol. The van der Waals surface area contributed by atoms with Crippen molar-refractivity contribution in [2.75, 3.05) is 0 Å². The third kappa shape index (κ3) is 24.5. The van der Waals surface area contributed by atoms with Gasteiger partial charge in [-0.1, -0.05) is 0 Å². The van der Waals surface area contributed by atoms with Gasteiger partial charge in [-0.2, -0.15) is 0 Å². The van der Waals surface area contributed by atoms with Crippen LogP contribution in [0.5, 0.6) is 0 Å². The minimum atomic E-state index is -1.23. The number of hydrogen-bond donors (Lipinski definition) is 2. The van der Waals surface area contributed by atoms with Crippen molar-refractivity contribution in [2.24, 2.45) is 0 Å². The Bertz CT molecular complexity index is 106. The number of rotatable bonds is 4. The van der Waals surface area contributed by atoms with Gasteiger partial charge < -0.3 is 10.2 Å². The first-order chi connectivity index (χ1) is 5.56. The second-order valence-electron chi connectivity index (χ2n) is 2.72. The molecule has 0 aromatic heterocycles. The topological polar surface area (TPSA) is 57.5 Å². The summed E-state index contributed by atoms with van der Waals surface area (Å²) >= 11 is 1.40. The third-order valence-electron chi connectivity index (χ3n) is 1.31. The van der Waals surface area contributed by atoms with Crippen molar-refractivity contribution in [3.63, 3.8) is 0 Å². The Balaban J connectivity index is -0.000000143. The Hall–Kier alpha value is 0.495. The molecular formula is C8H20BNaO3. The van der Waals surface area contributed by atoms with Crippen LogP contribution >= 0.6 is 0 Å². The molecule has 1 unspecified atom stereocenters. The van der Waals surface area contributed by atoms with Gasteiger partial charge in [-0.3, -0.25) is 0 Å². The summed E-state index contributed by atoms with van der Waals surface area (Å²) in [7, 11) is 0. The summed E-state index contributed by atoms with van der Waals surface area (Å²) in [4.78, 5) is 9.45. The Morgan fingerprint density at radius 1 is 1.46 bits per heavy atom. The van der Waals surface area contributed by atoms with Gasteiger partial charge in [0.05, 0.1) is 8.41 Å². The van der Waals surface area contributed by atoms with Crippen molar-refractivity contribution in [2.45, 2.75) is 42.9 Å². The van der Waals surface area contributed by atoms with E-state index in [1.165, 1.54) is 57.8 Å². The maximum absolute atomic E-state index is 9.45. The maximum atomic E-state index is 9.45. The number of aliphatic carboxylic acids is 1. The summed E-state index contributed by atoms with van der Waals surface area (Å²) in [5, 5.41) is 15.8. The molecule has 0 saturated carbocycles. The van der Waals surface area contributed by atoms with Crippen LogP contribution in [-0.4, -0.2) is 58.6 Å². The van der Waals surface area contributed by atoms with Crippen molar-refractivity contribution in [1.29, 1.82) is 0 Å². The molecule has 74 valence electrons. The molecule has 0 spiro atoms. The van der Waals surface area contributed by atoms with Gasteiger partial charge in [-0.15, -0.1) is 0 Å². The van der Waals surface area contributed by atoms with Crippen molar-refractivity contribution < 1.29 is 15.0 Å². The fourth-order valence-electron chi connectivity index (χ4n) is 0.500. The molecule has 0 fully saturated rings. The van der Waals surface area contributed by atoms with Crippen molar-refractivity contribution in [3.8, 4) is 0 Å². The first kappa shape index (κ1) is 19.1. The van der Waals surface area contributed by atoms with Gasteiger partial charge in [0.2, 0.25) is 0 Å². The molecule has 0 saturated heterocycles. The van der Waals surface area contributed by atoms with E-state index in [4.69, 9.17) is 10.2 Å². The molecule has 0 aromatic rings. The van der Waals surface area contributed by atoms with E-state index in [2.05, 4.69) is 6.92 Å². The zero-order valence-electron chi connectivity index (χ0n) is 8.21. The molecule has 0 bridgehead atoms. The molecule has 1 atom stereocenters. The molecule has 0 amide bonds. The molecular weight excluding hydrogens is 178 g/mol. The molecule has 0 rings (SSSR count). The molecule has 0 aliphatic carbocycles. The van der Waals surface area contributed by atoms with Gasteiger partial charge in [0.1, 0.15) is 6.10 Å². The normalized spacial score (nSPS) is 10.5. The number of unbranched alkanes of at least 4 members (excludes halogenated alkanes) is 2. The average Bonchev–Trinajstić information content (AvgIpc) is 2.02. The first-order valence-corrected chi connectivity index (χ1v) is 5.88. The van der Waals surface area contributed by atoms with E-state index < -0.39 is 12.1 Å². The van der Waals surface area contributed by atoms with E-state index in [0.717, 1.165) is 0 Å². The first-order valence-electron chi connectivity index (χ1n) is 4.47. The van der Waals surface area contributed by atoms with Crippen LogP contribution in [0.4, 0.5) is 0 Å². The summed E-state index contributed by atoms with van der Waals surface area (Å²) in [6, 6.07) is 0. The van der Waals surface area contributed by atoms with E-state index in [-0.39, 0.29) is 8.41 Å². The summed E-state index contributed by atoms with van der Waals surface area (Å²) < 4.78 is 1.49. The third-order valence-corrected chi connectivity index (χ3v) is 2.02. The van der Waals surface area contributed by atoms with Crippen molar-refractivity contribution in [1.82, 2.24) is 0 Å². The Morgan fingerprint density at radius 2 is 1.85 bits per heavy atom. The molecule has 13 heavy (non-hydrogen) atoms. The fourth-order valence-corrected chi connectivity index (χ4v) is 1.000. The van der Waals surface area contributed by atoms with Crippen LogP contribution in [0.2, 0.25) is 3.67 Å².